The van der Waals surface area contributed by atoms with Crippen molar-refractivity contribution in [2.75, 3.05) is 31.7 Å². The van der Waals surface area contributed by atoms with Crippen molar-refractivity contribution in [3.63, 3.8) is 0 Å². The smallest absolute Gasteiger partial charge is 0.294 e. The topological polar surface area (TPSA) is 103 Å². The molecule has 0 radical (unpaired) electrons. The first kappa shape index (κ1) is 29.3. The second-order valence-corrected chi connectivity index (χ2v) is 12.0. The highest BCUT2D eigenvalue weighted by atomic mass is 32.2. The standard InChI is InChI=1S/C18H22N2O5S.C12H19N/c21-26(22,23)14-4-5-15-16(11-13-6-9-24-10-7-13)19-20(17(15)12-14)18-3-1-2-8-25-18;1-4-11-5-7-12(8-6-11)13-9-10(2)3/h4-5,11-12,18H,1-3,6-10H2,(H,21,22,23);5-8,10,13H,4,9H2,1-3H3. The number of nitrogens with one attached hydrogen (secondary N) is 1. The van der Waals surface area contributed by atoms with Gasteiger partial charge in [-0.3, -0.25) is 4.55 Å². The summed E-state index contributed by atoms with van der Waals surface area (Å²) in [6.45, 7) is 9.74. The van der Waals surface area contributed by atoms with Gasteiger partial charge < -0.3 is 14.8 Å². The van der Waals surface area contributed by atoms with E-state index >= 15 is 0 Å². The molecule has 0 bridgehead atoms. The number of aryl methyl sites for hydroxylation is 1. The van der Waals surface area contributed by atoms with Crippen molar-refractivity contribution in [1.82, 2.24) is 9.78 Å². The summed E-state index contributed by atoms with van der Waals surface area (Å²) in [5, 5.41) is 8.98. The summed E-state index contributed by atoms with van der Waals surface area (Å²) in [6.07, 6.45) is 7.60. The van der Waals surface area contributed by atoms with Gasteiger partial charge in [0.15, 0.2) is 6.23 Å². The molecule has 3 aromatic rings. The highest BCUT2D eigenvalue weighted by Gasteiger charge is 2.22. The average molecular weight is 556 g/mol. The highest BCUT2D eigenvalue weighted by Crippen LogP contribution is 2.31. The number of hydrogen-bond acceptors (Lipinski definition) is 6. The molecular formula is C30H41N3O5S. The van der Waals surface area contributed by atoms with Gasteiger partial charge in [-0.25, -0.2) is 4.68 Å². The molecule has 0 aliphatic carbocycles. The third-order valence-corrected chi connectivity index (χ3v) is 7.84. The summed E-state index contributed by atoms with van der Waals surface area (Å²) in [6, 6.07) is 13.3. The predicted molar refractivity (Wildman–Crippen MR) is 156 cm³/mol. The molecule has 0 amide bonds. The Bertz CT molecular complexity index is 1350. The Morgan fingerprint density at radius 3 is 2.46 bits per heavy atom. The van der Waals surface area contributed by atoms with Crippen molar-refractivity contribution in [2.24, 2.45) is 5.92 Å². The van der Waals surface area contributed by atoms with E-state index in [1.54, 1.807) is 10.7 Å². The van der Waals surface area contributed by atoms with Gasteiger partial charge >= 0.3 is 0 Å². The SMILES string of the molecule is CCc1ccc(NCC(C)C)cc1.O=S(=O)(O)c1ccc2c(C=C3CCOCC3)nn(C3CCCCO3)c2c1. The molecule has 8 nitrogen and oxygen atoms in total. The van der Waals surface area contributed by atoms with Crippen LogP contribution in [0, 0.1) is 5.92 Å². The Morgan fingerprint density at radius 1 is 1.10 bits per heavy atom. The third kappa shape index (κ3) is 8.14. The van der Waals surface area contributed by atoms with Crippen LogP contribution in [0.15, 0.2) is 52.9 Å². The van der Waals surface area contributed by atoms with E-state index in [0.717, 1.165) is 56.1 Å². The van der Waals surface area contributed by atoms with Gasteiger partial charge in [0.05, 0.1) is 29.3 Å². The third-order valence-electron chi connectivity index (χ3n) is 6.99. The van der Waals surface area contributed by atoms with E-state index in [2.05, 4.69) is 56.4 Å². The van der Waals surface area contributed by atoms with Crippen LogP contribution in [0.2, 0.25) is 0 Å². The lowest BCUT2D eigenvalue weighted by Gasteiger charge is -2.23. The quantitative estimate of drug-likeness (QED) is 0.321. The molecule has 1 aromatic heterocycles. The van der Waals surface area contributed by atoms with Crippen molar-refractivity contribution in [1.29, 1.82) is 0 Å². The number of hydrogen-bond donors (Lipinski definition) is 2. The zero-order valence-electron chi connectivity index (χ0n) is 23.2. The highest BCUT2D eigenvalue weighted by molar-refractivity contribution is 7.85. The molecule has 3 heterocycles. The Kier molecular flexibility index (Phi) is 10.2. The molecule has 1 unspecified atom stereocenters. The largest absolute Gasteiger partial charge is 0.385 e. The maximum atomic E-state index is 11.6. The molecule has 0 saturated carbocycles. The van der Waals surface area contributed by atoms with E-state index in [9.17, 15) is 13.0 Å². The van der Waals surface area contributed by atoms with E-state index in [0.29, 0.717) is 31.3 Å². The molecule has 0 spiro atoms. The van der Waals surface area contributed by atoms with E-state index in [-0.39, 0.29) is 11.1 Å². The van der Waals surface area contributed by atoms with Crippen LogP contribution in [-0.2, 0) is 26.0 Å². The lowest BCUT2D eigenvalue weighted by atomic mass is 10.1. The number of anilines is 1. The summed E-state index contributed by atoms with van der Waals surface area (Å²) >= 11 is 0. The lowest BCUT2D eigenvalue weighted by Crippen LogP contribution is -2.19. The van der Waals surface area contributed by atoms with Gasteiger partial charge in [0.1, 0.15) is 0 Å². The van der Waals surface area contributed by atoms with Crippen LogP contribution in [0.5, 0.6) is 0 Å². The minimum atomic E-state index is -4.27. The van der Waals surface area contributed by atoms with Crippen LogP contribution in [0.25, 0.3) is 17.0 Å². The maximum Gasteiger partial charge on any atom is 0.294 e. The molecule has 2 aromatic carbocycles. The fourth-order valence-electron chi connectivity index (χ4n) is 4.70. The molecule has 1 atom stereocenters. The van der Waals surface area contributed by atoms with E-state index in [1.807, 2.05) is 0 Å². The summed E-state index contributed by atoms with van der Waals surface area (Å²) in [5.74, 6) is 0.700. The number of ether oxygens (including phenoxy) is 2. The van der Waals surface area contributed by atoms with Crippen LogP contribution < -0.4 is 5.32 Å². The van der Waals surface area contributed by atoms with Crippen molar-refractivity contribution < 1.29 is 22.4 Å². The van der Waals surface area contributed by atoms with Crippen molar-refractivity contribution in [3.8, 4) is 0 Å². The van der Waals surface area contributed by atoms with E-state index in [1.165, 1.54) is 29.0 Å². The van der Waals surface area contributed by atoms with Crippen LogP contribution in [-0.4, -0.2) is 49.1 Å². The zero-order chi connectivity index (χ0) is 27.8. The normalized spacial score (nSPS) is 18.1. The monoisotopic (exact) mass is 555 g/mol. The van der Waals surface area contributed by atoms with Crippen molar-refractivity contribution in [3.05, 3.63) is 59.3 Å². The summed E-state index contributed by atoms with van der Waals surface area (Å²) in [7, 11) is -4.27. The van der Waals surface area contributed by atoms with Gasteiger partial charge in [-0.2, -0.15) is 13.5 Å². The summed E-state index contributed by atoms with van der Waals surface area (Å²) in [4.78, 5) is -0.132. The molecular weight excluding hydrogens is 514 g/mol. The number of fused-ring (bicyclic) bond motifs is 1. The molecule has 2 aliphatic heterocycles. The molecule has 39 heavy (non-hydrogen) atoms. The number of nitrogens with zero attached hydrogens (tertiary/aromatic N) is 2. The molecule has 2 aliphatic rings. The number of rotatable bonds is 7. The van der Waals surface area contributed by atoms with Gasteiger partial charge in [0.2, 0.25) is 0 Å². The Hall–Kier alpha value is -2.72. The van der Waals surface area contributed by atoms with Crippen LogP contribution in [0.1, 0.15) is 70.4 Å². The van der Waals surface area contributed by atoms with Crippen molar-refractivity contribution >= 4 is 32.8 Å². The fraction of sp³-hybridized carbons (Fsp3) is 0.500. The molecule has 2 saturated heterocycles. The van der Waals surface area contributed by atoms with Crippen molar-refractivity contribution in [2.45, 2.75) is 70.4 Å². The second kappa shape index (κ2) is 13.6. The van der Waals surface area contributed by atoms with Gasteiger partial charge in [-0.15, -0.1) is 0 Å². The number of aromatic nitrogens is 2. The summed E-state index contributed by atoms with van der Waals surface area (Å²) in [5.41, 5.74) is 5.35. The Morgan fingerprint density at radius 2 is 1.85 bits per heavy atom. The first-order valence-corrected chi connectivity index (χ1v) is 15.4. The maximum absolute atomic E-state index is 11.6. The van der Waals surface area contributed by atoms with Gasteiger partial charge in [0.25, 0.3) is 10.1 Å². The van der Waals surface area contributed by atoms with Gasteiger partial charge in [-0.1, -0.05) is 38.5 Å². The second-order valence-electron chi connectivity index (χ2n) is 10.5. The minimum Gasteiger partial charge on any atom is -0.385 e. The van der Waals surface area contributed by atoms with Gasteiger partial charge in [0, 0.05) is 24.2 Å². The van der Waals surface area contributed by atoms with E-state index < -0.39 is 10.1 Å². The molecule has 9 heteroatoms. The van der Waals surface area contributed by atoms with E-state index in [4.69, 9.17) is 14.6 Å². The Balaban J connectivity index is 0.000000229. The van der Waals surface area contributed by atoms with Gasteiger partial charge in [-0.05, 0) is 86.4 Å². The molecule has 2 fully saturated rings. The van der Waals surface area contributed by atoms with Crippen LogP contribution in [0.4, 0.5) is 5.69 Å². The Labute approximate surface area is 232 Å². The molecule has 212 valence electrons. The average Bonchev–Trinajstić information content (AvgIpc) is 3.30. The first-order chi connectivity index (χ1) is 18.7. The van der Waals surface area contributed by atoms with Crippen LogP contribution in [0.3, 0.4) is 0 Å². The fourth-order valence-corrected chi connectivity index (χ4v) is 5.20. The van der Waals surface area contributed by atoms with Crippen LogP contribution >= 0.6 is 0 Å². The molecule has 2 N–H and O–H groups in total. The predicted octanol–water partition coefficient (Wildman–Crippen LogP) is 6.49. The first-order valence-electron chi connectivity index (χ1n) is 14.0. The summed E-state index contributed by atoms with van der Waals surface area (Å²) < 4.78 is 45.5. The molecule has 5 rings (SSSR count). The minimum absolute atomic E-state index is 0.132. The zero-order valence-corrected chi connectivity index (χ0v) is 24.0. The lowest BCUT2D eigenvalue weighted by molar-refractivity contribution is -0.0367. The number of benzene rings is 2.